The first-order valence-electron chi connectivity index (χ1n) is 4.57. The van der Waals surface area contributed by atoms with Crippen LogP contribution in [0.25, 0.3) is 0 Å². The third-order valence-electron chi connectivity index (χ3n) is 2.19. The molecule has 2 aromatic rings. The molecule has 90 valence electrons. The van der Waals surface area contributed by atoms with Gasteiger partial charge in [-0.25, -0.2) is 0 Å². The summed E-state index contributed by atoms with van der Waals surface area (Å²) in [6.45, 7) is 0. The van der Waals surface area contributed by atoms with E-state index in [0.29, 0.717) is 20.6 Å². The van der Waals surface area contributed by atoms with Gasteiger partial charge in [-0.15, -0.1) is 11.3 Å². The Bertz CT molecular complexity index is 536. The summed E-state index contributed by atoms with van der Waals surface area (Å²) in [5.74, 6) is 0. The van der Waals surface area contributed by atoms with E-state index >= 15 is 0 Å². The highest BCUT2D eigenvalue weighted by Gasteiger charge is 2.16. The van der Waals surface area contributed by atoms with Gasteiger partial charge in [0.1, 0.15) is 6.10 Å². The number of aliphatic hydroxyl groups is 1. The number of thiophene rings is 1. The molecule has 0 aliphatic rings. The lowest BCUT2D eigenvalue weighted by Crippen LogP contribution is -1.96. The summed E-state index contributed by atoms with van der Waals surface area (Å²) in [6, 6.07) is 6.77. The van der Waals surface area contributed by atoms with Gasteiger partial charge in [0.25, 0.3) is 0 Å². The van der Waals surface area contributed by atoms with E-state index < -0.39 is 6.10 Å². The number of rotatable bonds is 2. The first-order chi connectivity index (χ1) is 7.99. The lowest BCUT2D eigenvalue weighted by molar-refractivity contribution is 0.224. The Hall–Kier alpha value is 0.230. The fourth-order valence-corrected chi connectivity index (χ4v) is 3.41. The maximum atomic E-state index is 10.2. The highest BCUT2D eigenvalue weighted by Crippen LogP contribution is 2.38. The molecule has 1 aromatic heterocycles. The third-order valence-corrected chi connectivity index (χ3v) is 5.46. The number of halogens is 4. The molecule has 0 saturated heterocycles. The Morgan fingerprint density at radius 2 is 1.76 bits per heavy atom. The molecule has 0 fully saturated rings. The maximum absolute atomic E-state index is 10.2. The smallest absolute Gasteiger partial charge is 0.113 e. The zero-order chi connectivity index (χ0) is 12.6. The number of hydrogen-bond acceptors (Lipinski definition) is 2. The van der Waals surface area contributed by atoms with Crippen molar-refractivity contribution in [3.63, 3.8) is 0 Å². The van der Waals surface area contributed by atoms with E-state index in [-0.39, 0.29) is 0 Å². The van der Waals surface area contributed by atoms with Crippen molar-refractivity contribution < 1.29 is 5.11 Å². The summed E-state index contributed by atoms with van der Waals surface area (Å²) in [4.78, 5) is 0.750. The Morgan fingerprint density at radius 3 is 2.29 bits per heavy atom. The molecule has 0 bridgehead atoms. The summed E-state index contributed by atoms with van der Waals surface area (Å²) in [7, 11) is 0. The fraction of sp³-hybridized carbons (Fsp3) is 0.0909. The van der Waals surface area contributed by atoms with Crippen LogP contribution in [-0.4, -0.2) is 5.11 Å². The third kappa shape index (κ3) is 2.98. The number of hydrogen-bond donors (Lipinski definition) is 1. The number of benzene rings is 1. The van der Waals surface area contributed by atoms with Crippen LogP contribution in [0.3, 0.4) is 0 Å². The Kier molecular flexibility index (Phi) is 4.40. The van der Waals surface area contributed by atoms with Gasteiger partial charge in [0.15, 0.2) is 0 Å². The zero-order valence-corrected chi connectivity index (χ0v) is 12.9. The van der Waals surface area contributed by atoms with Gasteiger partial charge in [-0.1, -0.05) is 40.9 Å². The summed E-state index contributed by atoms with van der Waals surface area (Å²) in [6.07, 6.45) is -0.751. The van der Waals surface area contributed by atoms with E-state index in [9.17, 15) is 5.11 Å². The summed E-state index contributed by atoms with van der Waals surface area (Å²) in [5, 5.41) is 11.6. The van der Waals surface area contributed by atoms with Crippen LogP contribution in [0.4, 0.5) is 0 Å². The SMILES string of the molecule is OC(c1ccc(Cl)c(Cl)c1)c1cc(Cl)c(Br)s1. The van der Waals surface area contributed by atoms with Crippen molar-refractivity contribution in [2.75, 3.05) is 0 Å². The van der Waals surface area contributed by atoms with E-state index in [4.69, 9.17) is 34.8 Å². The summed E-state index contributed by atoms with van der Waals surface area (Å²) in [5.41, 5.74) is 0.685. The van der Waals surface area contributed by atoms with Gasteiger partial charge in [-0.05, 0) is 39.7 Å². The predicted molar refractivity (Wildman–Crippen MR) is 77.6 cm³/mol. The van der Waals surface area contributed by atoms with Gasteiger partial charge >= 0.3 is 0 Å². The van der Waals surface area contributed by atoms with Crippen molar-refractivity contribution in [3.8, 4) is 0 Å². The minimum absolute atomic E-state index is 0.421. The van der Waals surface area contributed by atoms with Gasteiger partial charge < -0.3 is 5.11 Å². The second-order valence-corrected chi connectivity index (χ2v) is 6.97. The summed E-state index contributed by atoms with van der Waals surface area (Å²) < 4.78 is 0.799. The van der Waals surface area contributed by atoms with Gasteiger partial charge in [-0.2, -0.15) is 0 Å². The van der Waals surface area contributed by atoms with Crippen molar-refractivity contribution in [3.05, 3.63) is 53.6 Å². The predicted octanol–water partition coefficient (Wildman–Crippen LogP) is 5.55. The Morgan fingerprint density at radius 1 is 1.06 bits per heavy atom. The fourth-order valence-electron chi connectivity index (χ4n) is 1.34. The topological polar surface area (TPSA) is 20.2 Å². The monoisotopic (exact) mass is 370 g/mol. The molecule has 1 atom stereocenters. The van der Waals surface area contributed by atoms with Crippen molar-refractivity contribution in [1.29, 1.82) is 0 Å². The van der Waals surface area contributed by atoms with Gasteiger partial charge in [0.05, 0.1) is 18.9 Å². The van der Waals surface area contributed by atoms with Crippen LogP contribution in [0.2, 0.25) is 15.1 Å². The molecule has 1 N–H and O–H groups in total. The highest BCUT2D eigenvalue weighted by molar-refractivity contribution is 9.11. The highest BCUT2D eigenvalue weighted by atomic mass is 79.9. The lowest BCUT2D eigenvalue weighted by Gasteiger charge is -2.09. The average Bonchev–Trinajstić information content (AvgIpc) is 2.62. The van der Waals surface area contributed by atoms with Crippen LogP contribution in [-0.2, 0) is 0 Å². The molecule has 0 amide bonds. The number of aliphatic hydroxyl groups excluding tert-OH is 1. The van der Waals surface area contributed by atoms with E-state index in [1.165, 1.54) is 11.3 Å². The van der Waals surface area contributed by atoms with Crippen LogP contribution in [0.15, 0.2) is 28.1 Å². The largest absolute Gasteiger partial charge is 0.383 e. The molecule has 0 aliphatic carbocycles. The molecule has 1 heterocycles. The second kappa shape index (κ2) is 5.47. The molecule has 0 radical (unpaired) electrons. The van der Waals surface area contributed by atoms with Crippen molar-refractivity contribution in [2.45, 2.75) is 6.10 Å². The molecule has 0 spiro atoms. The molecular weight excluding hydrogens is 366 g/mol. The van der Waals surface area contributed by atoms with E-state index in [2.05, 4.69) is 15.9 Å². The quantitative estimate of drug-likeness (QED) is 0.732. The molecule has 17 heavy (non-hydrogen) atoms. The molecule has 6 heteroatoms. The molecule has 1 unspecified atom stereocenters. The van der Waals surface area contributed by atoms with Crippen LogP contribution in [0.5, 0.6) is 0 Å². The average molecular weight is 372 g/mol. The first kappa shape index (κ1) is 13.7. The summed E-state index contributed by atoms with van der Waals surface area (Å²) >= 11 is 22.3. The Labute approximate surface area is 126 Å². The van der Waals surface area contributed by atoms with E-state index in [1.54, 1.807) is 24.3 Å². The van der Waals surface area contributed by atoms with E-state index in [1.807, 2.05) is 0 Å². The van der Waals surface area contributed by atoms with Crippen LogP contribution in [0, 0.1) is 0 Å². The van der Waals surface area contributed by atoms with Gasteiger partial charge in [0.2, 0.25) is 0 Å². The molecule has 0 saturated carbocycles. The molecule has 1 nitrogen and oxygen atoms in total. The van der Waals surface area contributed by atoms with Crippen molar-refractivity contribution in [2.24, 2.45) is 0 Å². The second-order valence-electron chi connectivity index (χ2n) is 3.35. The zero-order valence-electron chi connectivity index (χ0n) is 8.25. The van der Waals surface area contributed by atoms with E-state index in [0.717, 1.165) is 8.66 Å². The maximum Gasteiger partial charge on any atom is 0.113 e. The minimum Gasteiger partial charge on any atom is -0.383 e. The molecule has 1 aromatic carbocycles. The van der Waals surface area contributed by atoms with Crippen molar-refractivity contribution in [1.82, 2.24) is 0 Å². The van der Waals surface area contributed by atoms with Gasteiger partial charge in [-0.3, -0.25) is 0 Å². The normalized spacial score (nSPS) is 12.8. The standard InChI is InChI=1S/C11H6BrCl3OS/c12-11-8(15)4-9(17-11)10(16)5-1-2-6(13)7(14)3-5/h1-4,10,16H. The van der Waals surface area contributed by atoms with Gasteiger partial charge in [0, 0.05) is 4.88 Å². The van der Waals surface area contributed by atoms with Crippen molar-refractivity contribution >= 4 is 62.1 Å². The minimum atomic E-state index is -0.751. The van der Waals surface area contributed by atoms with Crippen LogP contribution >= 0.6 is 62.1 Å². The molecule has 0 aliphatic heterocycles. The first-order valence-corrected chi connectivity index (χ1v) is 7.31. The van der Waals surface area contributed by atoms with Crippen LogP contribution < -0.4 is 0 Å². The molecular formula is C11H6BrCl3OS. The molecule has 2 rings (SSSR count). The lowest BCUT2D eigenvalue weighted by atomic mass is 10.1. The van der Waals surface area contributed by atoms with Crippen LogP contribution in [0.1, 0.15) is 16.5 Å². The Balaban J connectivity index is 2.36.